The first-order valence-corrected chi connectivity index (χ1v) is 13.3. The summed E-state index contributed by atoms with van der Waals surface area (Å²) in [7, 11) is 1.79. The molecule has 0 spiro atoms. The van der Waals surface area contributed by atoms with E-state index in [4.69, 9.17) is 4.74 Å². The molecule has 2 N–H and O–H groups in total. The van der Waals surface area contributed by atoms with Crippen LogP contribution in [0.25, 0.3) is 10.4 Å². The van der Waals surface area contributed by atoms with Gasteiger partial charge in [-0.2, -0.15) is 0 Å². The number of carbonyl (C=O) groups is 2. The van der Waals surface area contributed by atoms with Crippen molar-refractivity contribution >= 4 is 23.2 Å². The Morgan fingerprint density at radius 3 is 2.57 bits per heavy atom. The van der Waals surface area contributed by atoms with Crippen molar-refractivity contribution in [3.05, 3.63) is 75.7 Å². The molecule has 1 amide bonds. The van der Waals surface area contributed by atoms with E-state index < -0.39 is 17.7 Å². The van der Waals surface area contributed by atoms with Crippen LogP contribution in [0.4, 0.5) is 0 Å². The van der Waals surface area contributed by atoms with Crippen molar-refractivity contribution < 1.29 is 19.4 Å². The molecule has 37 heavy (non-hydrogen) atoms. The molecule has 2 aromatic heterocycles. The predicted molar refractivity (Wildman–Crippen MR) is 146 cm³/mol. The van der Waals surface area contributed by atoms with Crippen molar-refractivity contribution in [2.75, 3.05) is 7.05 Å². The Morgan fingerprint density at radius 2 is 1.95 bits per heavy atom. The average Bonchev–Trinajstić information content (AvgIpc) is 3.50. The fourth-order valence-electron chi connectivity index (χ4n) is 4.76. The van der Waals surface area contributed by atoms with Gasteiger partial charge in [-0.25, -0.2) is 9.78 Å². The van der Waals surface area contributed by atoms with Gasteiger partial charge in [-0.1, -0.05) is 29.8 Å². The molecule has 3 aromatic rings. The smallest absolute Gasteiger partial charge is 0.331 e. The molecule has 1 saturated carbocycles. The zero-order valence-corrected chi connectivity index (χ0v) is 23.1. The van der Waals surface area contributed by atoms with Crippen molar-refractivity contribution in [1.82, 2.24) is 14.9 Å². The average molecular weight is 522 g/mol. The van der Waals surface area contributed by atoms with Crippen LogP contribution in [-0.4, -0.2) is 50.6 Å². The van der Waals surface area contributed by atoms with Crippen LogP contribution in [0.2, 0.25) is 0 Å². The highest BCUT2D eigenvalue weighted by molar-refractivity contribution is 7.13. The van der Waals surface area contributed by atoms with Crippen molar-refractivity contribution in [1.29, 1.82) is 0 Å². The van der Waals surface area contributed by atoms with Gasteiger partial charge in [0.05, 0.1) is 22.2 Å². The number of H-pyrrole nitrogens is 1. The van der Waals surface area contributed by atoms with Crippen LogP contribution >= 0.6 is 11.3 Å². The fraction of sp³-hybridized carbons (Fsp3) is 0.414. The van der Waals surface area contributed by atoms with E-state index in [2.05, 4.69) is 22.1 Å². The van der Waals surface area contributed by atoms with E-state index in [9.17, 15) is 14.7 Å². The summed E-state index contributed by atoms with van der Waals surface area (Å²) < 4.78 is 5.44. The van der Waals surface area contributed by atoms with Gasteiger partial charge in [-0.15, -0.1) is 11.3 Å². The zero-order chi connectivity index (χ0) is 26.9. The Hall–Kier alpha value is -3.23. The lowest BCUT2D eigenvalue weighted by atomic mass is 9.98. The molecule has 1 aliphatic carbocycles. The predicted octanol–water partition coefficient (Wildman–Crippen LogP) is 5.53. The Kier molecular flexibility index (Phi) is 7.71. The molecule has 0 unspecified atom stereocenters. The first-order chi connectivity index (χ1) is 17.4. The molecule has 1 fully saturated rings. The van der Waals surface area contributed by atoms with E-state index in [-0.39, 0.29) is 11.8 Å². The van der Waals surface area contributed by atoms with Crippen LogP contribution < -0.4 is 0 Å². The number of rotatable bonds is 6. The number of aromatic amines is 1. The van der Waals surface area contributed by atoms with E-state index >= 15 is 0 Å². The number of nitrogens with zero attached hydrogens (tertiary/aromatic N) is 2. The SMILES string of the molecule is Cc1cc([C@@H]2C[C@@H](O)C/C2=C\C(=O)OC(C)(C)C)[nH]c1C(=O)N(C)Cc1ccc(-c2scnc2C)cc1. The molecule has 0 radical (unpaired) electrons. The number of aromatic nitrogens is 2. The lowest BCUT2D eigenvalue weighted by Crippen LogP contribution is -2.27. The normalized spacial score (nSPS) is 18.8. The second-order valence-corrected chi connectivity index (χ2v) is 11.7. The number of hydrogen-bond acceptors (Lipinski definition) is 6. The summed E-state index contributed by atoms with van der Waals surface area (Å²) in [5, 5.41) is 10.3. The zero-order valence-electron chi connectivity index (χ0n) is 22.3. The van der Waals surface area contributed by atoms with E-state index in [0.29, 0.717) is 25.1 Å². The summed E-state index contributed by atoms with van der Waals surface area (Å²) in [5.74, 6) is -0.699. The van der Waals surface area contributed by atoms with E-state index in [1.807, 2.05) is 58.3 Å². The lowest BCUT2D eigenvalue weighted by Gasteiger charge is -2.19. The number of carbonyl (C=O) groups excluding carboxylic acids is 2. The minimum atomic E-state index is -0.589. The van der Waals surface area contributed by atoms with Gasteiger partial charge < -0.3 is 19.7 Å². The molecule has 4 rings (SSSR count). The standard InChI is InChI=1S/C29H35N3O4S/c1-17-11-24(23-14-22(33)12-21(23)13-25(34)36-29(3,4)5)31-26(17)28(35)32(6)15-19-7-9-20(10-8-19)27-18(2)30-16-37-27/h7-11,13,16,22-23,31,33H,12,14-15H2,1-6H3/b21-13+/t22-,23+/m0/s1. The molecular weight excluding hydrogens is 486 g/mol. The Balaban J connectivity index is 1.48. The first kappa shape index (κ1) is 26.8. The van der Waals surface area contributed by atoms with Crippen LogP contribution in [0.3, 0.4) is 0 Å². The summed E-state index contributed by atoms with van der Waals surface area (Å²) in [6.45, 7) is 9.84. The number of aryl methyl sites for hydroxylation is 2. The minimum absolute atomic E-state index is 0.109. The number of nitrogens with one attached hydrogen (secondary N) is 1. The van der Waals surface area contributed by atoms with Crippen molar-refractivity contribution in [3.63, 3.8) is 0 Å². The van der Waals surface area contributed by atoms with Gasteiger partial charge in [0, 0.05) is 31.3 Å². The van der Waals surface area contributed by atoms with Crippen LogP contribution in [0.5, 0.6) is 0 Å². The summed E-state index contributed by atoms with van der Waals surface area (Å²) in [6, 6.07) is 10.2. The first-order valence-electron chi connectivity index (χ1n) is 12.5. The largest absolute Gasteiger partial charge is 0.457 e. The monoisotopic (exact) mass is 521 g/mol. The second kappa shape index (κ2) is 10.6. The molecule has 1 aliphatic rings. The van der Waals surface area contributed by atoms with Gasteiger partial charge in [-0.3, -0.25) is 4.79 Å². The number of aliphatic hydroxyl groups is 1. The number of amides is 1. The molecular formula is C29H35N3O4S. The maximum Gasteiger partial charge on any atom is 0.331 e. The maximum atomic E-state index is 13.3. The molecule has 0 saturated heterocycles. The van der Waals surface area contributed by atoms with E-state index in [1.165, 1.54) is 6.08 Å². The summed E-state index contributed by atoms with van der Waals surface area (Å²) in [6.07, 6.45) is 1.85. The Morgan fingerprint density at radius 1 is 1.24 bits per heavy atom. The molecule has 7 nitrogen and oxygen atoms in total. The molecule has 0 bridgehead atoms. The number of thiazole rings is 1. The number of esters is 1. The van der Waals surface area contributed by atoms with Crippen LogP contribution in [0.15, 0.2) is 47.5 Å². The number of benzene rings is 1. The maximum absolute atomic E-state index is 13.3. The summed E-state index contributed by atoms with van der Waals surface area (Å²) in [4.78, 5) is 36.2. The third-order valence-corrected chi connectivity index (χ3v) is 7.47. The molecule has 8 heteroatoms. The Bertz CT molecular complexity index is 1310. The summed E-state index contributed by atoms with van der Waals surface area (Å²) >= 11 is 1.62. The van der Waals surface area contributed by atoms with Gasteiger partial charge in [0.15, 0.2) is 0 Å². The quantitative estimate of drug-likeness (QED) is 0.328. The highest BCUT2D eigenvalue weighted by atomic mass is 32.1. The van der Waals surface area contributed by atoms with Gasteiger partial charge in [0.1, 0.15) is 11.3 Å². The van der Waals surface area contributed by atoms with Crippen LogP contribution in [-0.2, 0) is 16.1 Å². The highest BCUT2D eigenvalue weighted by Gasteiger charge is 2.32. The topological polar surface area (TPSA) is 95.5 Å². The van der Waals surface area contributed by atoms with E-state index in [0.717, 1.165) is 38.5 Å². The summed E-state index contributed by atoms with van der Waals surface area (Å²) in [5.41, 5.74) is 7.42. The fourth-order valence-corrected chi connectivity index (χ4v) is 5.57. The van der Waals surface area contributed by atoms with Crippen molar-refractivity contribution in [2.24, 2.45) is 0 Å². The van der Waals surface area contributed by atoms with Crippen molar-refractivity contribution in [2.45, 2.75) is 71.6 Å². The Labute approximate surface area is 222 Å². The van der Waals surface area contributed by atoms with Gasteiger partial charge in [-0.05, 0) is 70.2 Å². The third kappa shape index (κ3) is 6.37. The van der Waals surface area contributed by atoms with Crippen LogP contribution in [0.1, 0.15) is 72.5 Å². The van der Waals surface area contributed by atoms with E-state index in [1.54, 1.807) is 23.3 Å². The number of hydrogen-bond donors (Lipinski definition) is 2. The second-order valence-electron chi connectivity index (χ2n) is 10.8. The van der Waals surface area contributed by atoms with Gasteiger partial charge >= 0.3 is 5.97 Å². The highest BCUT2D eigenvalue weighted by Crippen LogP contribution is 2.40. The van der Waals surface area contributed by atoms with Crippen molar-refractivity contribution in [3.8, 4) is 10.4 Å². The molecule has 196 valence electrons. The molecule has 0 aliphatic heterocycles. The molecule has 2 atom stereocenters. The lowest BCUT2D eigenvalue weighted by molar-refractivity contribution is -0.148. The minimum Gasteiger partial charge on any atom is -0.457 e. The third-order valence-electron chi connectivity index (χ3n) is 6.49. The van der Waals surface area contributed by atoms with Gasteiger partial charge in [0.25, 0.3) is 5.91 Å². The molecule has 2 heterocycles. The molecule has 1 aromatic carbocycles. The number of aliphatic hydroxyl groups excluding tert-OH is 1. The van der Waals surface area contributed by atoms with Gasteiger partial charge in [0.2, 0.25) is 0 Å². The number of ether oxygens (including phenoxy) is 1. The van der Waals surface area contributed by atoms with Crippen LogP contribution in [0, 0.1) is 13.8 Å².